The van der Waals surface area contributed by atoms with Crippen LogP contribution in [0.2, 0.25) is 0 Å². The Balaban J connectivity index is 1.49. The van der Waals surface area contributed by atoms with E-state index in [-0.39, 0.29) is 11.1 Å². The molecule has 0 aliphatic carbocycles. The van der Waals surface area contributed by atoms with Crippen molar-refractivity contribution in [3.05, 3.63) is 111 Å². The molecule has 2 atom stereocenters. The number of nitrogens with one attached hydrogen (secondary N) is 3. The predicted octanol–water partition coefficient (Wildman–Crippen LogP) is 4.99. The van der Waals surface area contributed by atoms with Gasteiger partial charge in [0.1, 0.15) is 17.7 Å². The van der Waals surface area contributed by atoms with Crippen LogP contribution in [-0.4, -0.2) is 69.2 Å². The van der Waals surface area contributed by atoms with Crippen molar-refractivity contribution in [2.45, 2.75) is 64.6 Å². The highest BCUT2D eigenvalue weighted by molar-refractivity contribution is 5.98. The molecule has 0 spiro atoms. The Morgan fingerprint density at radius 3 is 2.40 bits per heavy atom. The molecule has 3 N–H and O–H groups in total. The Morgan fingerprint density at radius 1 is 0.960 bits per heavy atom. The minimum absolute atomic E-state index is 0.154. The third-order valence-corrected chi connectivity index (χ3v) is 9.85. The monoisotopic (exact) mass is 668 g/mol. The minimum atomic E-state index is -1.14. The second kappa shape index (κ2) is 15.6. The summed E-state index contributed by atoms with van der Waals surface area (Å²) >= 11 is 0. The number of aromatic nitrogens is 4. The van der Waals surface area contributed by atoms with Crippen LogP contribution < -0.4 is 10.6 Å². The van der Waals surface area contributed by atoms with Gasteiger partial charge in [0, 0.05) is 31.9 Å². The van der Waals surface area contributed by atoms with E-state index in [0.29, 0.717) is 32.0 Å². The van der Waals surface area contributed by atoms with Gasteiger partial charge in [-0.3, -0.25) is 14.6 Å². The number of carbonyl (C=O) groups excluding carboxylic acids is 1. The molecule has 1 amide bonds. The van der Waals surface area contributed by atoms with E-state index in [1.54, 1.807) is 0 Å². The topological polar surface area (TPSA) is 150 Å². The molecule has 2 aliphatic heterocycles. The third kappa shape index (κ3) is 7.51. The molecule has 2 fully saturated rings. The van der Waals surface area contributed by atoms with E-state index in [1.165, 1.54) is 19.3 Å². The summed E-state index contributed by atoms with van der Waals surface area (Å²) in [6.07, 6.45) is 4.02. The Kier molecular flexibility index (Phi) is 10.8. The van der Waals surface area contributed by atoms with Crippen LogP contribution in [0.1, 0.15) is 65.6 Å². The first-order valence-corrected chi connectivity index (χ1v) is 17.3. The highest BCUT2D eigenvalue weighted by Crippen LogP contribution is 2.43. The van der Waals surface area contributed by atoms with Gasteiger partial charge in [-0.25, -0.2) is 0 Å². The maximum Gasteiger partial charge on any atom is 0.252 e. The summed E-state index contributed by atoms with van der Waals surface area (Å²) < 4.78 is 0. The number of piperidine rings is 1. The van der Waals surface area contributed by atoms with E-state index in [4.69, 9.17) is 0 Å². The Morgan fingerprint density at radius 2 is 1.72 bits per heavy atom. The highest BCUT2D eigenvalue weighted by atomic mass is 16.1. The van der Waals surface area contributed by atoms with Crippen molar-refractivity contribution in [3.63, 3.8) is 0 Å². The molecule has 50 heavy (non-hydrogen) atoms. The highest BCUT2D eigenvalue weighted by Gasteiger charge is 2.48. The lowest BCUT2D eigenvalue weighted by atomic mass is 9.73. The minimum Gasteiger partial charge on any atom is -0.346 e. The Labute approximate surface area is 294 Å². The van der Waals surface area contributed by atoms with E-state index >= 15 is 0 Å². The molecule has 0 radical (unpaired) electrons. The number of likely N-dealkylation sites (tertiary alicyclic amines) is 1. The smallest absolute Gasteiger partial charge is 0.252 e. The van der Waals surface area contributed by atoms with Gasteiger partial charge in [0.2, 0.25) is 5.82 Å². The molecule has 1 aromatic heterocycles. The number of H-pyrrole nitrogens is 1. The zero-order valence-corrected chi connectivity index (χ0v) is 29.0. The van der Waals surface area contributed by atoms with Crippen molar-refractivity contribution in [2.24, 2.45) is 0 Å². The number of nitriles is 2. The van der Waals surface area contributed by atoms with Gasteiger partial charge >= 0.3 is 0 Å². The molecule has 2 unspecified atom stereocenters. The van der Waals surface area contributed by atoms with Crippen molar-refractivity contribution in [2.75, 3.05) is 32.8 Å². The van der Waals surface area contributed by atoms with Crippen molar-refractivity contribution >= 4 is 5.91 Å². The first kappa shape index (κ1) is 34.7. The summed E-state index contributed by atoms with van der Waals surface area (Å²) in [6.45, 7) is 10.8. The number of aryl methyl sites for hydroxylation is 2. The molecule has 11 heteroatoms. The van der Waals surface area contributed by atoms with Gasteiger partial charge in [0.05, 0.1) is 17.2 Å². The molecular weight excluding hydrogens is 624 g/mol. The number of allylic oxidation sites excluding steroid dienone is 1. The lowest BCUT2D eigenvalue weighted by Gasteiger charge is -2.44. The van der Waals surface area contributed by atoms with E-state index in [1.807, 2.05) is 37.3 Å². The van der Waals surface area contributed by atoms with Crippen molar-refractivity contribution < 1.29 is 4.79 Å². The van der Waals surface area contributed by atoms with Gasteiger partial charge < -0.3 is 10.6 Å². The normalized spacial score (nSPS) is 16.9. The summed E-state index contributed by atoms with van der Waals surface area (Å²) in [5.74, 6) is -0.0149. The number of carbonyl (C=O) groups is 1. The Bertz CT molecular complexity index is 1890. The summed E-state index contributed by atoms with van der Waals surface area (Å²) in [4.78, 5) is 19.6. The molecule has 3 heterocycles. The van der Waals surface area contributed by atoms with Crippen molar-refractivity contribution in [1.82, 2.24) is 41.1 Å². The summed E-state index contributed by atoms with van der Waals surface area (Å²) in [5.41, 5.74) is 5.65. The second-order valence-electron chi connectivity index (χ2n) is 13.5. The molecule has 256 valence electrons. The van der Waals surface area contributed by atoms with Crippen LogP contribution in [0, 0.1) is 36.5 Å². The number of rotatable bonds is 11. The summed E-state index contributed by atoms with van der Waals surface area (Å²) in [6, 6.07) is 26.2. The second-order valence-corrected chi connectivity index (χ2v) is 13.5. The van der Waals surface area contributed by atoms with E-state index < -0.39 is 17.5 Å². The van der Waals surface area contributed by atoms with Crippen LogP contribution in [0.25, 0.3) is 11.4 Å². The lowest BCUT2D eigenvalue weighted by Crippen LogP contribution is -2.53. The molecule has 3 aromatic carbocycles. The van der Waals surface area contributed by atoms with Crippen LogP contribution in [0.4, 0.5) is 0 Å². The fourth-order valence-electron chi connectivity index (χ4n) is 7.62. The lowest BCUT2D eigenvalue weighted by molar-refractivity contribution is -0.119. The standard InChI is InChI=1S/C39H44N10O/c1-27-17-28(2)19-31(18-27)22-39(49-16-13-42-26-49,35-12-7-9-30(20-35)25-48-14-5-4-6-15-48)36(34(23-40)24-41)38(50)43-29(3)32-10-8-11-33(21-32)37-44-46-47-45-37/h7-12,17-21,29,42H,4-6,13-16,22,25-26H2,1-3H3,(H,43,50)(H,44,45,46,47). The number of benzene rings is 3. The number of hydrogen-bond donors (Lipinski definition) is 3. The number of aromatic amines is 1. The summed E-state index contributed by atoms with van der Waals surface area (Å²) in [7, 11) is 0. The molecule has 4 aromatic rings. The molecule has 0 saturated carbocycles. The quantitative estimate of drug-likeness (QED) is 0.148. The van der Waals surface area contributed by atoms with Crippen LogP contribution in [0.5, 0.6) is 0 Å². The van der Waals surface area contributed by atoms with Crippen LogP contribution >= 0.6 is 0 Å². The zero-order valence-electron chi connectivity index (χ0n) is 29.0. The van der Waals surface area contributed by atoms with E-state index in [0.717, 1.165) is 58.6 Å². The van der Waals surface area contributed by atoms with Crippen molar-refractivity contribution in [1.29, 1.82) is 10.5 Å². The van der Waals surface area contributed by atoms with Gasteiger partial charge in [0.25, 0.3) is 5.91 Å². The third-order valence-electron chi connectivity index (χ3n) is 9.85. The molecule has 0 bridgehead atoms. The Hall–Kier alpha value is -5.20. The molecule has 2 aliphatic rings. The van der Waals surface area contributed by atoms with Gasteiger partial charge in [-0.05, 0) is 86.7 Å². The van der Waals surface area contributed by atoms with Crippen LogP contribution in [0.15, 0.2) is 77.9 Å². The maximum absolute atomic E-state index is 14.9. The molecule has 6 rings (SSSR count). The SMILES string of the molecule is Cc1cc(C)cc(CC(C(C(=O)NC(C)c2cccc(-c3nn[nH]n3)c2)=C(C#N)C#N)(c2cccc(CN3CCCCC3)c2)N2CCNC2)c1. The fourth-order valence-corrected chi connectivity index (χ4v) is 7.62. The first-order chi connectivity index (χ1) is 24.3. The van der Waals surface area contributed by atoms with E-state index in [9.17, 15) is 15.3 Å². The number of tetrazole rings is 1. The number of amides is 1. The summed E-state index contributed by atoms with van der Waals surface area (Å²) in [5, 5.41) is 42.1. The predicted molar refractivity (Wildman–Crippen MR) is 191 cm³/mol. The molecule has 11 nitrogen and oxygen atoms in total. The van der Waals surface area contributed by atoms with Gasteiger partial charge in [-0.1, -0.05) is 78.2 Å². The number of hydrogen-bond acceptors (Lipinski definition) is 9. The van der Waals surface area contributed by atoms with Gasteiger partial charge in [0.15, 0.2) is 0 Å². The van der Waals surface area contributed by atoms with Gasteiger partial charge in [-0.15, -0.1) is 10.2 Å². The van der Waals surface area contributed by atoms with E-state index in [2.05, 4.69) is 103 Å². The average Bonchev–Trinajstić information content (AvgIpc) is 3.86. The molecular formula is C39H44N10O. The first-order valence-electron chi connectivity index (χ1n) is 17.3. The van der Waals surface area contributed by atoms with Crippen LogP contribution in [-0.2, 0) is 23.3 Å². The van der Waals surface area contributed by atoms with Gasteiger partial charge in [-0.2, -0.15) is 15.7 Å². The average molecular weight is 669 g/mol. The zero-order chi connectivity index (χ0) is 35.1. The van der Waals surface area contributed by atoms with Crippen LogP contribution in [0.3, 0.4) is 0 Å². The fraction of sp³-hybridized carbons (Fsp3) is 0.385. The maximum atomic E-state index is 14.9. The molecule has 2 saturated heterocycles. The number of nitrogens with zero attached hydrogens (tertiary/aromatic N) is 7. The largest absolute Gasteiger partial charge is 0.346 e. The van der Waals surface area contributed by atoms with Crippen molar-refractivity contribution in [3.8, 4) is 23.5 Å².